The van der Waals surface area contributed by atoms with Gasteiger partial charge in [0.05, 0.1) is 22.8 Å². The van der Waals surface area contributed by atoms with Crippen LogP contribution in [0.5, 0.6) is 0 Å². The Bertz CT molecular complexity index is 1270. The van der Waals surface area contributed by atoms with E-state index < -0.39 is 0 Å². The molecule has 153 valence electrons. The Kier molecular flexibility index (Phi) is 5.30. The van der Waals surface area contributed by atoms with Crippen LogP contribution >= 0.6 is 0 Å². The molecular formula is C25H18N5Ni. The summed E-state index contributed by atoms with van der Waals surface area (Å²) in [5.41, 5.74) is 7.86. The minimum atomic E-state index is 0.884. The fourth-order valence-electron chi connectivity index (χ4n) is 3.27. The molecule has 4 aromatic rings. The second kappa shape index (κ2) is 8.54. The van der Waals surface area contributed by atoms with E-state index in [0.29, 0.717) is 0 Å². The molecule has 0 spiro atoms. The summed E-state index contributed by atoms with van der Waals surface area (Å²) in [5.74, 6) is 0. The summed E-state index contributed by atoms with van der Waals surface area (Å²) in [6.07, 6.45) is 11.5. The monoisotopic (exact) mass is 446 g/mol. The first-order valence-electron chi connectivity index (χ1n) is 9.77. The summed E-state index contributed by atoms with van der Waals surface area (Å²) in [6, 6.07) is 20.0. The van der Waals surface area contributed by atoms with Crippen molar-refractivity contribution in [3.8, 4) is 0 Å². The number of rotatable bonds is 0. The number of nitrogens with zero attached hydrogens (tertiary/aromatic N) is 3. The zero-order chi connectivity index (χ0) is 21.0. The van der Waals surface area contributed by atoms with Crippen molar-refractivity contribution < 1.29 is 15.5 Å². The molecule has 31 heavy (non-hydrogen) atoms. The quantitative estimate of drug-likeness (QED) is 0.325. The van der Waals surface area contributed by atoms with E-state index in [1.54, 1.807) is 24.5 Å². The maximum atomic E-state index is 4.63. The molecule has 0 atom stereocenters. The van der Waals surface area contributed by atoms with Gasteiger partial charge in [-0.1, -0.05) is 0 Å². The van der Waals surface area contributed by atoms with E-state index in [9.17, 15) is 0 Å². The Morgan fingerprint density at radius 1 is 0.516 bits per heavy atom. The number of aromatic nitrogens is 5. The third kappa shape index (κ3) is 4.88. The normalized spacial score (nSPS) is 11.8. The van der Waals surface area contributed by atoms with Crippen molar-refractivity contribution in [1.29, 1.82) is 0 Å². The predicted octanol–water partition coefficient (Wildman–Crippen LogP) is 4.91. The van der Waals surface area contributed by atoms with Crippen LogP contribution in [0.3, 0.4) is 0 Å². The first-order chi connectivity index (χ1) is 15.2. The molecule has 4 aromatic heterocycles. The van der Waals surface area contributed by atoms with Gasteiger partial charge < -0.3 is 9.97 Å². The zero-order valence-corrected chi connectivity index (χ0v) is 17.4. The number of aromatic amines is 2. The number of fused-ring (bicyclic) bond motifs is 8. The third-order valence-electron chi connectivity index (χ3n) is 4.66. The molecule has 0 saturated carbocycles. The Labute approximate surface area is 187 Å². The average Bonchev–Trinajstić information content (AvgIpc) is 3.55. The van der Waals surface area contributed by atoms with Gasteiger partial charge in [0.1, 0.15) is 0 Å². The molecule has 0 aromatic carbocycles. The summed E-state index contributed by atoms with van der Waals surface area (Å²) in [5, 5.41) is 0. The van der Waals surface area contributed by atoms with Gasteiger partial charge in [-0.25, -0.2) is 9.97 Å². The van der Waals surface area contributed by atoms with Crippen molar-refractivity contribution >= 4 is 50.9 Å². The molecule has 0 radical (unpaired) electrons. The van der Waals surface area contributed by atoms with Crippen molar-refractivity contribution in [1.82, 2.24) is 24.9 Å². The minimum absolute atomic E-state index is 0.884. The molecule has 0 amide bonds. The molecule has 0 saturated heterocycles. The summed E-state index contributed by atoms with van der Waals surface area (Å²) in [4.78, 5) is 19.8. The van der Waals surface area contributed by atoms with Gasteiger partial charge in [-0.15, -0.1) is 0 Å². The van der Waals surface area contributed by atoms with E-state index in [-0.39, 0.29) is 0 Å². The zero-order valence-electron chi connectivity index (χ0n) is 16.4. The first-order valence-corrected chi connectivity index (χ1v) is 10.3. The summed E-state index contributed by atoms with van der Waals surface area (Å²) in [7, 11) is 0. The molecule has 5 nitrogen and oxygen atoms in total. The summed E-state index contributed by atoms with van der Waals surface area (Å²) >= 11 is 4.50. The van der Waals surface area contributed by atoms with E-state index in [2.05, 4.69) is 64.7 Å². The van der Waals surface area contributed by atoms with Crippen LogP contribution in [0.4, 0.5) is 0 Å². The van der Waals surface area contributed by atoms with Crippen molar-refractivity contribution in [2.75, 3.05) is 0 Å². The number of nitrogens with one attached hydrogen (secondary N) is 2. The Hall–Kier alpha value is -3.76. The maximum absolute atomic E-state index is 4.63. The Morgan fingerprint density at radius 3 is 1.16 bits per heavy atom. The van der Waals surface area contributed by atoms with Gasteiger partial charge in [-0.05, 0) is 72.8 Å². The molecule has 6 heterocycles. The van der Waals surface area contributed by atoms with E-state index in [1.807, 2.05) is 48.6 Å². The van der Waals surface area contributed by atoms with Crippen molar-refractivity contribution in [2.24, 2.45) is 0 Å². The second-order valence-corrected chi connectivity index (χ2v) is 7.61. The van der Waals surface area contributed by atoms with Gasteiger partial charge in [-0.3, -0.25) is 0 Å². The molecule has 8 bridgehead atoms. The molecule has 2 aliphatic heterocycles. The van der Waals surface area contributed by atoms with Gasteiger partial charge in [-0.2, -0.15) is 0 Å². The molecule has 6 rings (SSSR count). The van der Waals surface area contributed by atoms with Crippen molar-refractivity contribution in [3.63, 3.8) is 0 Å². The van der Waals surface area contributed by atoms with Gasteiger partial charge >= 0.3 is 49.5 Å². The molecule has 2 N–H and O–H groups in total. The average molecular weight is 447 g/mol. The predicted molar refractivity (Wildman–Crippen MR) is 123 cm³/mol. The standard InChI is InChI=1S/C20H14N4.C5H4N.Ni/c1-2-14-10-16-5-6-18(23-16)12-20-8-7-19(24-20)11-17-4-3-15(22-17)9-13(1)21-14;1-2-4-6-5-3-1;/h1-12,21,24H;2-5H;. The molecule has 6 heteroatoms. The SMILES string of the molecule is C1=Cc2cc3ccc(cc4nc(cc5ccc(cc1n2)[nH]5)C=C4)[nH]3.[Ni][c]1ccncc1. The van der Waals surface area contributed by atoms with Gasteiger partial charge in [0.2, 0.25) is 0 Å². The Morgan fingerprint density at radius 2 is 0.871 bits per heavy atom. The molecular weight excluding hydrogens is 429 g/mol. The summed E-state index contributed by atoms with van der Waals surface area (Å²) < 4.78 is 0.884. The van der Waals surface area contributed by atoms with Crippen LogP contribution < -0.4 is 4.53 Å². The van der Waals surface area contributed by atoms with Crippen LogP contribution in [0.25, 0.3) is 46.4 Å². The van der Waals surface area contributed by atoms with Crippen LogP contribution in [-0.4, -0.2) is 24.9 Å². The first kappa shape index (κ1) is 19.2. The van der Waals surface area contributed by atoms with Crippen molar-refractivity contribution in [2.45, 2.75) is 0 Å². The van der Waals surface area contributed by atoms with E-state index in [0.717, 1.165) is 49.4 Å². The molecule has 0 unspecified atom stereocenters. The van der Waals surface area contributed by atoms with Crippen molar-refractivity contribution in [3.05, 3.63) is 95.8 Å². The van der Waals surface area contributed by atoms with Crippen LogP contribution in [0.15, 0.2) is 73.1 Å². The molecule has 0 fully saturated rings. The van der Waals surface area contributed by atoms with Crippen LogP contribution in [0, 0.1) is 0 Å². The number of H-pyrrole nitrogens is 2. The number of hydrogen-bond acceptors (Lipinski definition) is 3. The van der Waals surface area contributed by atoms with E-state index >= 15 is 0 Å². The topological polar surface area (TPSA) is 70.2 Å². The van der Waals surface area contributed by atoms with Gasteiger partial charge in [0.25, 0.3) is 0 Å². The number of pyridine rings is 1. The number of hydrogen-bond donors (Lipinski definition) is 2. The Balaban J connectivity index is 0.000000250. The third-order valence-corrected chi connectivity index (χ3v) is 4.99. The van der Waals surface area contributed by atoms with E-state index in [4.69, 9.17) is 0 Å². The van der Waals surface area contributed by atoms with Crippen LogP contribution in [-0.2, 0) is 15.5 Å². The fraction of sp³-hybridized carbons (Fsp3) is 0. The second-order valence-electron chi connectivity index (χ2n) is 7.03. The van der Waals surface area contributed by atoms with Gasteiger partial charge in [0.15, 0.2) is 0 Å². The van der Waals surface area contributed by atoms with Crippen LogP contribution in [0.2, 0.25) is 0 Å². The fourth-order valence-corrected chi connectivity index (χ4v) is 3.42. The van der Waals surface area contributed by atoms with Gasteiger partial charge in [0, 0.05) is 22.1 Å². The molecule has 0 aliphatic carbocycles. The van der Waals surface area contributed by atoms with Crippen LogP contribution in [0.1, 0.15) is 22.8 Å². The molecule has 2 aliphatic rings. The summed E-state index contributed by atoms with van der Waals surface area (Å²) in [6.45, 7) is 0. The van der Waals surface area contributed by atoms with E-state index in [1.165, 1.54) is 0 Å².